The zero-order chi connectivity index (χ0) is 18.9. The van der Waals surface area contributed by atoms with E-state index in [4.69, 9.17) is 9.47 Å². The number of benzene rings is 2. The van der Waals surface area contributed by atoms with E-state index in [0.717, 1.165) is 10.9 Å². The monoisotopic (exact) mass is 361 g/mol. The lowest BCUT2D eigenvalue weighted by Crippen LogP contribution is -2.28. The van der Waals surface area contributed by atoms with Crippen LogP contribution in [0.3, 0.4) is 0 Å². The summed E-state index contributed by atoms with van der Waals surface area (Å²) in [5.74, 6) is 7.08. The number of hydrogen-bond donors (Lipinski definition) is 2. The molecule has 0 atom stereocenters. The topological polar surface area (TPSA) is 72.5 Å². The summed E-state index contributed by atoms with van der Waals surface area (Å²) >= 11 is 0. The Morgan fingerprint density at radius 2 is 1.96 bits per heavy atom. The molecule has 1 aromatic heterocycles. The van der Waals surface area contributed by atoms with Crippen LogP contribution in [0, 0.1) is 11.8 Å². The van der Waals surface area contributed by atoms with Crippen LogP contribution in [0.2, 0.25) is 0 Å². The molecule has 0 saturated carbocycles. The zero-order valence-electron chi connectivity index (χ0n) is 14.9. The summed E-state index contributed by atoms with van der Waals surface area (Å²) < 4.78 is 10.8. The first-order valence-electron chi connectivity index (χ1n) is 8.37. The van der Waals surface area contributed by atoms with Crippen molar-refractivity contribution < 1.29 is 14.3 Å². The molecule has 6 heteroatoms. The Labute approximate surface area is 157 Å². The van der Waals surface area contributed by atoms with Crippen LogP contribution in [0.15, 0.2) is 60.8 Å². The molecule has 0 fully saturated rings. The summed E-state index contributed by atoms with van der Waals surface area (Å²) in [5, 5.41) is 6.39. The van der Waals surface area contributed by atoms with Gasteiger partial charge in [0.1, 0.15) is 23.6 Å². The summed E-state index contributed by atoms with van der Waals surface area (Å²) in [4.78, 5) is 16.2. The number of urea groups is 1. The lowest BCUT2D eigenvalue weighted by Gasteiger charge is -2.07. The van der Waals surface area contributed by atoms with E-state index in [1.165, 1.54) is 0 Å². The first-order chi connectivity index (χ1) is 13.3. The molecule has 136 valence electrons. The van der Waals surface area contributed by atoms with E-state index in [2.05, 4.69) is 27.5 Å². The number of hydrogen-bond acceptors (Lipinski definition) is 4. The molecule has 0 spiro atoms. The largest absolute Gasteiger partial charge is 0.497 e. The molecule has 0 aliphatic heterocycles. The molecule has 0 aliphatic rings. The number of amides is 2. The highest BCUT2D eigenvalue weighted by Crippen LogP contribution is 2.22. The highest BCUT2D eigenvalue weighted by atomic mass is 16.5. The Hall–Kier alpha value is -3.72. The third-order valence-electron chi connectivity index (χ3n) is 3.69. The second-order valence-corrected chi connectivity index (χ2v) is 5.51. The second-order valence-electron chi connectivity index (χ2n) is 5.51. The summed E-state index contributed by atoms with van der Waals surface area (Å²) in [6.45, 7) is 0.432. The molecule has 27 heavy (non-hydrogen) atoms. The maximum absolute atomic E-state index is 11.8. The van der Waals surface area contributed by atoms with Crippen LogP contribution in [0.4, 0.5) is 10.5 Å². The second kappa shape index (κ2) is 9.11. The van der Waals surface area contributed by atoms with Crippen molar-refractivity contribution in [3.8, 4) is 23.3 Å². The van der Waals surface area contributed by atoms with Crippen LogP contribution in [0.5, 0.6) is 11.5 Å². The average molecular weight is 361 g/mol. The van der Waals surface area contributed by atoms with E-state index in [0.29, 0.717) is 17.2 Å². The maximum atomic E-state index is 11.8. The van der Waals surface area contributed by atoms with Crippen LogP contribution < -0.4 is 20.1 Å². The molecule has 2 amide bonds. The van der Waals surface area contributed by atoms with E-state index in [9.17, 15) is 4.79 Å². The summed E-state index contributed by atoms with van der Waals surface area (Å²) in [5.41, 5.74) is 1.45. The van der Waals surface area contributed by atoms with Crippen LogP contribution >= 0.6 is 0 Å². The number of anilines is 1. The first-order valence-corrected chi connectivity index (χ1v) is 8.37. The van der Waals surface area contributed by atoms with Crippen molar-refractivity contribution in [3.63, 3.8) is 0 Å². The standard InChI is InChI=1S/C21H19N3O3/c1-26-18-10-5-9-17(15-18)24-21(25)23-12-2-3-14-27-19-11-4-7-16-8-6-13-22-20(16)19/h4-11,13,15H,12,14H2,1H3,(H2,23,24,25). The predicted octanol–water partition coefficient (Wildman–Crippen LogP) is 3.45. The number of aromatic nitrogens is 1. The molecule has 0 bridgehead atoms. The maximum Gasteiger partial charge on any atom is 0.319 e. The molecule has 3 aromatic rings. The van der Waals surface area contributed by atoms with E-state index < -0.39 is 0 Å². The fourth-order valence-corrected chi connectivity index (χ4v) is 2.42. The molecule has 2 aromatic carbocycles. The van der Waals surface area contributed by atoms with Crippen molar-refractivity contribution in [2.24, 2.45) is 0 Å². The molecular formula is C21H19N3O3. The van der Waals surface area contributed by atoms with E-state index in [-0.39, 0.29) is 19.2 Å². The minimum absolute atomic E-state index is 0.215. The summed E-state index contributed by atoms with van der Waals surface area (Å²) in [6.07, 6.45) is 1.73. The highest BCUT2D eigenvalue weighted by molar-refractivity contribution is 5.89. The van der Waals surface area contributed by atoms with E-state index in [1.54, 1.807) is 37.6 Å². The van der Waals surface area contributed by atoms with Gasteiger partial charge in [-0.15, -0.1) is 0 Å². The number of nitrogens with one attached hydrogen (secondary N) is 2. The summed E-state index contributed by atoms with van der Waals surface area (Å²) in [7, 11) is 1.57. The number of carbonyl (C=O) groups excluding carboxylic acids is 1. The number of para-hydroxylation sites is 1. The molecule has 0 radical (unpaired) electrons. The third-order valence-corrected chi connectivity index (χ3v) is 3.69. The number of carbonyl (C=O) groups is 1. The SMILES string of the molecule is COc1cccc(NC(=O)NCC#CCOc2cccc3cccnc23)c1. The zero-order valence-corrected chi connectivity index (χ0v) is 14.9. The lowest BCUT2D eigenvalue weighted by atomic mass is 10.2. The molecule has 1 heterocycles. The molecule has 0 saturated heterocycles. The van der Waals surface area contributed by atoms with Gasteiger partial charge >= 0.3 is 6.03 Å². The Morgan fingerprint density at radius 1 is 1.11 bits per heavy atom. The van der Waals surface area contributed by atoms with Gasteiger partial charge in [0, 0.05) is 23.3 Å². The number of rotatable bonds is 5. The lowest BCUT2D eigenvalue weighted by molar-refractivity contribution is 0.253. The summed E-state index contributed by atoms with van der Waals surface area (Å²) in [6, 6.07) is 16.4. The van der Waals surface area contributed by atoms with Crippen LogP contribution in [0.1, 0.15) is 0 Å². The van der Waals surface area contributed by atoms with Crippen LogP contribution in [0.25, 0.3) is 10.9 Å². The Morgan fingerprint density at radius 3 is 2.85 bits per heavy atom. The number of nitrogens with zero attached hydrogens (tertiary/aromatic N) is 1. The van der Waals surface area contributed by atoms with Crippen LogP contribution in [-0.2, 0) is 0 Å². The average Bonchev–Trinajstić information content (AvgIpc) is 2.70. The molecule has 6 nitrogen and oxygen atoms in total. The van der Waals surface area contributed by atoms with Crippen molar-refractivity contribution in [1.29, 1.82) is 0 Å². The smallest absolute Gasteiger partial charge is 0.319 e. The van der Waals surface area contributed by atoms with Crippen molar-refractivity contribution >= 4 is 22.6 Å². The van der Waals surface area contributed by atoms with Crippen molar-refractivity contribution in [2.45, 2.75) is 0 Å². The molecular weight excluding hydrogens is 342 g/mol. The molecule has 3 rings (SSSR count). The van der Waals surface area contributed by atoms with Gasteiger partial charge in [-0.2, -0.15) is 0 Å². The van der Waals surface area contributed by atoms with Gasteiger partial charge in [0.25, 0.3) is 0 Å². The fraction of sp³-hybridized carbons (Fsp3) is 0.143. The third kappa shape index (κ3) is 5.13. The Kier molecular flexibility index (Phi) is 6.10. The van der Waals surface area contributed by atoms with Gasteiger partial charge in [0.2, 0.25) is 0 Å². The van der Waals surface area contributed by atoms with Gasteiger partial charge in [-0.25, -0.2) is 4.79 Å². The minimum Gasteiger partial charge on any atom is -0.497 e. The number of ether oxygens (including phenoxy) is 2. The van der Waals surface area contributed by atoms with Crippen molar-refractivity contribution in [2.75, 3.05) is 25.6 Å². The highest BCUT2D eigenvalue weighted by Gasteiger charge is 2.02. The molecule has 0 unspecified atom stereocenters. The van der Waals surface area contributed by atoms with Gasteiger partial charge in [0.05, 0.1) is 13.7 Å². The van der Waals surface area contributed by atoms with Gasteiger partial charge in [-0.1, -0.05) is 36.1 Å². The normalized spacial score (nSPS) is 9.81. The van der Waals surface area contributed by atoms with Gasteiger partial charge in [-0.05, 0) is 24.3 Å². The Balaban J connectivity index is 1.44. The minimum atomic E-state index is -0.336. The predicted molar refractivity (Wildman–Crippen MR) is 105 cm³/mol. The van der Waals surface area contributed by atoms with Crippen LogP contribution in [-0.4, -0.2) is 31.3 Å². The van der Waals surface area contributed by atoms with Gasteiger partial charge in [-0.3, -0.25) is 4.98 Å². The molecule has 2 N–H and O–H groups in total. The quantitative estimate of drug-likeness (QED) is 0.683. The fourth-order valence-electron chi connectivity index (χ4n) is 2.42. The van der Waals surface area contributed by atoms with E-state index >= 15 is 0 Å². The Bertz CT molecular complexity index is 987. The number of pyridine rings is 1. The number of methoxy groups -OCH3 is 1. The van der Waals surface area contributed by atoms with Crippen molar-refractivity contribution in [1.82, 2.24) is 10.3 Å². The first kappa shape index (κ1) is 18.1. The van der Waals surface area contributed by atoms with E-state index in [1.807, 2.05) is 30.3 Å². The number of fused-ring (bicyclic) bond motifs is 1. The van der Waals surface area contributed by atoms with Gasteiger partial charge < -0.3 is 20.1 Å². The van der Waals surface area contributed by atoms with Gasteiger partial charge in [0.15, 0.2) is 0 Å². The molecule has 0 aliphatic carbocycles. The van der Waals surface area contributed by atoms with Crippen molar-refractivity contribution in [3.05, 3.63) is 60.8 Å².